The second kappa shape index (κ2) is 16.6. The summed E-state index contributed by atoms with van der Waals surface area (Å²) >= 11 is 0. The number of imidazole rings is 1. The van der Waals surface area contributed by atoms with Crippen LogP contribution < -0.4 is 5.73 Å². The van der Waals surface area contributed by atoms with E-state index in [1.807, 2.05) is 39.9 Å². The molecule has 2 aromatic rings. The van der Waals surface area contributed by atoms with Gasteiger partial charge in [0.15, 0.2) is 5.60 Å². The summed E-state index contributed by atoms with van der Waals surface area (Å²) < 4.78 is 21.6. The summed E-state index contributed by atoms with van der Waals surface area (Å²) in [4.78, 5) is 27.9. The fourth-order valence-electron chi connectivity index (χ4n) is 6.00. The maximum atomic E-state index is 13.8. The largest absolute Gasteiger partial charge is 0.512 e. The van der Waals surface area contributed by atoms with E-state index in [1.165, 1.54) is 44.0 Å². The van der Waals surface area contributed by atoms with Gasteiger partial charge < -0.3 is 30.0 Å². The third-order valence-electron chi connectivity index (χ3n) is 9.01. The summed E-state index contributed by atoms with van der Waals surface area (Å²) in [6.45, 7) is 13.0. The average Bonchev–Trinajstić information content (AvgIpc) is 3.56. The zero-order chi connectivity index (χ0) is 35.8. The molecule has 10 heteroatoms. The molecule has 48 heavy (non-hydrogen) atoms. The molecule has 1 saturated carbocycles. The molecule has 2 fully saturated rings. The van der Waals surface area contributed by atoms with Gasteiger partial charge in [-0.05, 0) is 95.3 Å². The fourth-order valence-corrected chi connectivity index (χ4v) is 6.00. The minimum absolute atomic E-state index is 0.00117. The van der Waals surface area contributed by atoms with E-state index < -0.39 is 11.5 Å². The first-order valence-electron chi connectivity index (χ1n) is 16.4. The van der Waals surface area contributed by atoms with Crippen LogP contribution in [0.2, 0.25) is 0 Å². The number of rotatable bonds is 7. The Morgan fingerprint density at radius 1 is 1.23 bits per heavy atom. The second-order valence-electron chi connectivity index (χ2n) is 13.2. The van der Waals surface area contributed by atoms with E-state index in [0.29, 0.717) is 35.5 Å². The molecule has 4 aliphatic rings. The quantitative estimate of drug-likeness (QED) is 0.122. The molecule has 4 atom stereocenters. The molecule has 4 N–H and O–H groups in total. The molecule has 3 aliphatic carbocycles. The van der Waals surface area contributed by atoms with Crippen molar-refractivity contribution in [1.29, 1.82) is 0 Å². The molecule has 0 aromatic carbocycles. The molecule has 3 heterocycles. The van der Waals surface area contributed by atoms with Crippen LogP contribution in [0.5, 0.6) is 0 Å². The third-order valence-corrected chi connectivity index (χ3v) is 9.01. The van der Waals surface area contributed by atoms with Crippen LogP contribution in [0, 0.1) is 23.6 Å². The van der Waals surface area contributed by atoms with Crippen LogP contribution in [-0.4, -0.2) is 63.4 Å². The zero-order valence-corrected chi connectivity index (χ0v) is 29.1. The van der Waals surface area contributed by atoms with Crippen LogP contribution >= 0.6 is 0 Å². The molecule has 0 bridgehead atoms. The number of aliphatic hydroxyl groups is 2. The number of nitrogens with zero attached hydrogens (tertiary/aromatic N) is 3. The Hall–Kier alpha value is -4.44. The normalized spacial score (nSPS) is 23.2. The van der Waals surface area contributed by atoms with Crippen molar-refractivity contribution in [3.05, 3.63) is 101 Å². The van der Waals surface area contributed by atoms with Crippen molar-refractivity contribution in [3.63, 3.8) is 0 Å². The van der Waals surface area contributed by atoms with Gasteiger partial charge in [0, 0.05) is 41.8 Å². The first kappa shape index (κ1) is 38.0. The number of pyridine rings is 1. The molecule has 9 nitrogen and oxygen atoms in total. The molecule has 0 radical (unpaired) electrons. The lowest BCUT2D eigenvalue weighted by Gasteiger charge is -2.34. The van der Waals surface area contributed by atoms with Gasteiger partial charge in [0.25, 0.3) is 0 Å². The molecule has 6 rings (SSSR count). The number of primary amides is 1. The zero-order valence-electron chi connectivity index (χ0n) is 29.1. The molecule has 2 aromatic heterocycles. The minimum Gasteiger partial charge on any atom is -0.512 e. The Morgan fingerprint density at radius 3 is 2.38 bits per heavy atom. The first-order chi connectivity index (χ1) is 22.7. The highest BCUT2D eigenvalue weighted by Gasteiger charge is 2.64. The monoisotopic (exact) mass is 662 g/mol. The van der Waals surface area contributed by atoms with E-state index in [0.717, 1.165) is 28.9 Å². The number of aromatic nitrogens is 2. The maximum Gasteiger partial charge on any atom is 0.204 e. The van der Waals surface area contributed by atoms with Crippen LogP contribution in [0.3, 0.4) is 0 Å². The topological polar surface area (TPSA) is 134 Å². The number of halogens is 1. The van der Waals surface area contributed by atoms with Gasteiger partial charge >= 0.3 is 0 Å². The maximum absolute atomic E-state index is 13.8. The summed E-state index contributed by atoms with van der Waals surface area (Å²) in [5.74, 6) is 0.420. The van der Waals surface area contributed by atoms with Crippen molar-refractivity contribution in [3.8, 4) is 0 Å². The highest BCUT2D eigenvalue weighted by Crippen LogP contribution is 2.63. The fraction of sp³-hybridized carbons (Fsp3) is 0.447. The van der Waals surface area contributed by atoms with Crippen molar-refractivity contribution in [2.75, 3.05) is 21.1 Å². The van der Waals surface area contributed by atoms with Crippen molar-refractivity contribution in [1.82, 2.24) is 14.3 Å². The number of carbonyl (C=O) groups is 2. The Labute approximate surface area is 283 Å². The highest BCUT2D eigenvalue weighted by atomic mass is 19.1. The Bertz CT molecular complexity index is 1640. The number of aliphatic hydroxyl groups excluding tert-OH is 2. The molecule has 1 amide bonds. The third kappa shape index (κ3) is 9.13. The summed E-state index contributed by atoms with van der Waals surface area (Å²) in [5, 5.41) is 20.3. The predicted molar refractivity (Wildman–Crippen MR) is 188 cm³/mol. The molecule has 1 saturated heterocycles. The standard InChI is InChI=1S/C30H31FN2O4.C4H8.C3H9N.CH3NO/c1-16(34)6-8-24(26-15-33-14-23(31)7-9-29(33)32-26)25(18(3)20(5)35)11-21-10-22-13-27(36)17(2)19(4)30(22)28(12-21)37-30;1-2-4-3-1;1-4(2)3;2-1-3/h6-9,12,14-15,18,21-22,34,36H,1,4,10-11,13H2,2-3,5H3;1-4H2;1-3H3;1H,(H2,2,3)/b8-6-,25-24+;;;/t18?,21?,22-,30-;;;/m0.../s1. The van der Waals surface area contributed by atoms with E-state index in [-0.39, 0.29) is 35.6 Å². The number of fused-ring (bicyclic) bond motifs is 1. The molecule has 2 unspecified atom stereocenters. The number of amides is 1. The van der Waals surface area contributed by atoms with E-state index in [2.05, 4.69) is 30.0 Å². The van der Waals surface area contributed by atoms with Gasteiger partial charge in [-0.2, -0.15) is 0 Å². The van der Waals surface area contributed by atoms with Crippen LogP contribution in [0.1, 0.15) is 71.4 Å². The number of allylic oxidation sites excluding steroid dienone is 6. The molecular weight excluding hydrogens is 611 g/mol. The van der Waals surface area contributed by atoms with Crippen LogP contribution in [0.15, 0.2) is 89.9 Å². The Balaban J connectivity index is 0.000000491. The summed E-state index contributed by atoms with van der Waals surface area (Å²) in [7, 11) is 6.00. The van der Waals surface area contributed by atoms with Gasteiger partial charge in [-0.25, -0.2) is 9.37 Å². The van der Waals surface area contributed by atoms with Gasteiger partial charge in [0.05, 0.1) is 11.5 Å². The van der Waals surface area contributed by atoms with E-state index in [9.17, 15) is 19.4 Å². The van der Waals surface area contributed by atoms with E-state index in [1.54, 1.807) is 29.7 Å². The summed E-state index contributed by atoms with van der Waals surface area (Å²) in [6, 6.07) is 2.94. The van der Waals surface area contributed by atoms with Crippen molar-refractivity contribution >= 4 is 23.4 Å². The molecule has 1 spiro atoms. The Morgan fingerprint density at radius 2 is 1.83 bits per heavy atom. The van der Waals surface area contributed by atoms with Crippen LogP contribution in [0.25, 0.3) is 11.2 Å². The number of carbonyl (C=O) groups excluding carboxylic acids is 2. The number of ether oxygens (including phenoxy) is 1. The van der Waals surface area contributed by atoms with Crippen molar-refractivity contribution < 1.29 is 28.9 Å². The van der Waals surface area contributed by atoms with Gasteiger partial charge in [-0.3, -0.25) is 9.59 Å². The van der Waals surface area contributed by atoms with Gasteiger partial charge in [0.1, 0.15) is 28.8 Å². The van der Waals surface area contributed by atoms with Crippen molar-refractivity contribution in [2.45, 2.75) is 71.3 Å². The van der Waals surface area contributed by atoms with Gasteiger partial charge in [-0.15, -0.1) is 0 Å². The second-order valence-corrected chi connectivity index (χ2v) is 13.2. The lowest BCUT2D eigenvalue weighted by molar-refractivity contribution is -0.119. The number of nitrogens with two attached hydrogens (primary N) is 1. The smallest absolute Gasteiger partial charge is 0.204 e. The van der Waals surface area contributed by atoms with Gasteiger partial charge in [-0.1, -0.05) is 45.8 Å². The number of epoxide rings is 1. The molecule has 1 aliphatic heterocycles. The number of hydrogen-bond donors (Lipinski definition) is 3. The SMILES string of the molecule is C1CCC1.C=C(O)/C=C\C(=C(\CC1C=C2O[C@]23C(=C)C(C)=C(O)C[C@@H]3C1)C(C)C(C)=O)c1cn2cc(F)ccc2n1.CN(C)C.NC=O. The molecule has 260 valence electrons. The van der Waals surface area contributed by atoms with E-state index >= 15 is 0 Å². The first-order valence-corrected chi connectivity index (χ1v) is 16.4. The van der Waals surface area contributed by atoms with Crippen molar-refractivity contribution in [2.24, 2.45) is 23.5 Å². The van der Waals surface area contributed by atoms with Gasteiger partial charge in [0.2, 0.25) is 6.41 Å². The number of Topliss-reactive ketones (excluding diaryl/α,β-unsaturated/α-hetero) is 1. The number of ketones is 1. The lowest BCUT2D eigenvalue weighted by atomic mass is 9.67. The number of hydrogen-bond acceptors (Lipinski definition) is 7. The van der Waals surface area contributed by atoms with E-state index in [4.69, 9.17) is 9.53 Å². The van der Waals surface area contributed by atoms with Crippen LogP contribution in [-0.2, 0) is 14.3 Å². The lowest BCUT2D eigenvalue weighted by Crippen LogP contribution is -2.35. The highest BCUT2D eigenvalue weighted by molar-refractivity contribution is 5.86. The summed E-state index contributed by atoms with van der Waals surface area (Å²) in [6.07, 6.45) is 16.5. The minimum atomic E-state index is -0.508. The average molecular weight is 663 g/mol. The predicted octanol–water partition coefficient (Wildman–Crippen LogP) is 7.39. The van der Waals surface area contributed by atoms with Crippen LogP contribution in [0.4, 0.5) is 4.39 Å². The summed E-state index contributed by atoms with van der Waals surface area (Å²) in [5.41, 5.74) is 7.94. The Kier molecular flexibility index (Phi) is 13.1. The molecular formula is C38H51FN4O5.